The summed E-state index contributed by atoms with van der Waals surface area (Å²) in [5, 5.41) is 3.43. The number of anilines is 1. The van der Waals surface area contributed by atoms with Crippen LogP contribution in [0.4, 0.5) is 5.69 Å². The third-order valence-corrected chi connectivity index (χ3v) is 7.36. The van der Waals surface area contributed by atoms with Crippen LogP contribution in [-0.4, -0.2) is 42.2 Å². The van der Waals surface area contributed by atoms with E-state index in [-0.39, 0.29) is 16.7 Å². The molecule has 8 nitrogen and oxygen atoms in total. The number of benzene rings is 3. The Morgan fingerprint density at radius 2 is 1.54 bits per heavy atom. The predicted molar refractivity (Wildman–Crippen MR) is 135 cm³/mol. The molecule has 1 amide bonds. The zero-order chi connectivity index (χ0) is 25.6. The van der Waals surface area contributed by atoms with E-state index in [0.29, 0.717) is 22.2 Å². The second-order valence-electron chi connectivity index (χ2n) is 7.57. The van der Waals surface area contributed by atoms with Gasteiger partial charge >= 0.3 is 0 Å². The molecule has 0 unspecified atom stereocenters. The minimum Gasteiger partial charge on any atom is -0.497 e. The topological polar surface area (TPSA) is 94.2 Å². The van der Waals surface area contributed by atoms with Crippen LogP contribution in [-0.2, 0) is 14.8 Å². The van der Waals surface area contributed by atoms with E-state index in [1.165, 1.54) is 39.5 Å². The number of ether oxygens (including phenoxy) is 3. The lowest BCUT2D eigenvalue weighted by molar-refractivity contribution is -0.120. The Hall–Kier alpha value is -3.43. The van der Waals surface area contributed by atoms with Gasteiger partial charge in [-0.15, -0.1) is 0 Å². The molecule has 1 N–H and O–H groups in total. The molecule has 35 heavy (non-hydrogen) atoms. The highest BCUT2D eigenvalue weighted by molar-refractivity contribution is 7.92. The molecular weight excluding hydrogens is 492 g/mol. The van der Waals surface area contributed by atoms with Crippen LogP contribution in [0.1, 0.15) is 18.5 Å². The van der Waals surface area contributed by atoms with Gasteiger partial charge in [-0.3, -0.25) is 9.10 Å². The molecule has 3 rings (SSSR count). The number of sulfonamides is 1. The normalized spacial score (nSPS) is 11.9. The Kier molecular flexibility index (Phi) is 8.48. The lowest BCUT2D eigenvalue weighted by atomic mass is 10.1. The van der Waals surface area contributed by atoms with Gasteiger partial charge in [-0.25, -0.2) is 8.42 Å². The molecule has 1 atom stereocenters. The standard InChI is InChI=1S/C25H27ClN2O6S/c1-17(18-5-7-19(26)8-6-18)27-25(29)16-28(20-9-11-21(32-2)12-10-20)35(30,31)22-13-14-23(33-3)24(15-22)34-4/h5-15,17H,16H2,1-4H3,(H,27,29)/t17-/m1/s1. The first kappa shape index (κ1) is 26.2. The minimum absolute atomic E-state index is 0.0514. The number of rotatable bonds is 10. The molecule has 0 aliphatic rings. The van der Waals surface area contributed by atoms with Crippen molar-refractivity contribution in [3.05, 3.63) is 77.3 Å². The lowest BCUT2D eigenvalue weighted by Crippen LogP contribution is -2.41. The SMILES string of the molecule is COc1ccc(N(CC(=O)N[C@H](C)c2ccc(Cl)cc2)S(=O)(=O)c2ccc(OC)c(OC)c2)cc1. The Labute approximate surface area is 210 Å². The summed E-state index contributed by atoms with van der Waals surface area (Å²) >= 11 is 5.94. The van der Waals surface area contributed by atoms with Crippen LogP contribution in [0, 0.1) is 0 Å². The number of carbonyl (C=O) groups is 1. The molecule has 0 saturated heterocycles. The number of nitrogens with one attached hydrogen (secondary N) is 1. The molecule has 0 spiro atoms. The Morgan fingerprint density at radius 3 is 2.11 bits per heavy atom. The van der Waals surface area contributed by atoms with Crippen molar-refractivity contribution < 1.29 is 27.4 Å². The summed E-state index contributed by atoms with van der Waals surface area (Å²) < 4.78 is 44.1. The van der Waals surface area contributed by atoms with E-state index >= 15 is 0 Å². The maximum Gasteiger partial charge on any atom is 0.264 e. The van der Waals surface area contributed by atoms with Crippen LogP contribution in [0.5, 0.6) is 17.2 Å². The molecule has 3 aromatic carbocycles. The van der Waals surface area contributed by atoms with Gasteiger partial charge in [-0.05, 0) is 61.0 Å². The maximum atomic E-state index is 13.7. The van der Waals surface area contributed by atoms with Gasteiger partial charge in [-0.2, -0.15) is 0 Å². The first-order chi connectivity index (χ1) is 16.7. The average Bonchev–Trinajstić information content (AvgIpc) is 2.87. The molecule has 0 fully saturated rings. The second-order valence-corrected chi connectivity index (χ2v) is 9.87. The molecule has 0 aromatic heterocycles. The van der Waals surface area contributed by atoms with E-state index < -0.39 is 22.5 Å². The van der Waals surface area contributed by atoms with Crippen LogP contribution in [0.15, 0.2) is 71.6 Å². The lowest BCUT2D eigenvalue weighted by Gasteiger charge is -2.25. The molecule has 0 saturated carbocycles. The molecule has 0 heterocycles. The summed E-state index contributed by atoms with van der Waals surface area (Å²) in [5.74, 6) is 0.714. The van der Waals surface area contributed by atoms with E-state index in [1.807, 2.05) is 6.92 Å². The summed E-state index contributed by atoms with van der Waals surface area (Å²) in [6.45, 7) is 1.36. The second kappa shape index (κ2) is 11.3. The molecule has 0 aliphatic heterocycles. The third-order valence-electron chi connectivity index (χ3n) is 5.34. The van der Waals surface area contributed by atoms with Crippen molar-refractivity contribution in [2.45, 2.75) is 17.9 Å². The van der Waals surface area contributed by atoms with E-state index in [0.717, 1.165) is 9.87 Å². The Morgan fingerprint density at radius 1 is 0.914 bits per heavy atom. The molecule has 0 bridgehead atoms. The van der Waals surface area contributed by atoms with Gasteiger partial charge in [0.1, 0.15) is 12.3 Å². The largest absolute Gasteiger partial charge is 0.497 e. The van der Waals surface area contributed by atoms with Crippen molar-refractivity contribution in [1.29, 1.82) is 0 Å². The van der Waals surface area contributed by atoms with Crippen LogP contribution >= 0.6 is 11.6 Å². The molecule has 3 aromatic rings. The first-order valence-electron chi connectivity index (χ1n) is 10.6. The number of carbonyl (C=O) groups excluding carboxylic acids is 1. The molecule has 0 radical (unpaired) electrons. The van der Waals surface area contributed by atoms with E-state index in [1.54, 1.807) is 48.5 Å². The number of nitrogens with zero attached hydrogens (tertiary/aromatic N) is 1. The summed E-state index contributed by atoms with van der Waals surface area (Å²) in [4.78, 5) is 12.9. The molecule has 10 heteroatoms. The zero-order valence-electron chi connectivity index (χ0n) is 19.8. The molecule has 0 aliphatic carbocycles. The van der Waals surface area contributed by atoms with Gasteiger partial charge in [0.05, 0.1) is 38.0 Å². The highest BCUT2D eigenvalue weighted by Crippen LogP contribution is 2.32. The van der Waals surface area contributed by atoms with E-state index in [2.05, 4.69) is 5.32 Å². The van der Waals surface area contributed by atoms with Crippen molar-refractivity contribution in [1.82, 2.24) is 5.32 Å². The van der Waals surface area contributed by atoms with Crippen LogP contribution in [0.2, 0.25) is 5.02 Å². The van der Waals surface area contributed by atoms with Gasteiger partial charge in [0.25, 0.3) is 10.0 Å². The van der Waals surface area contributed by atoms with Gasteiger partial charge in [0.15, 0.2) is 11.5 Å². The quantitative estimate of drug-likeness (QED) is 0.426. The zero-order valence-corrected chi connectivity index (χ0v) is 21.4. The highest BCUT2D eigenvalue weighted by Gasteiger charge is 2.29. The number of methoxy groups -OCH3 is 3. The van der Waals surface area contributed by atoms with Gasteiger partial charge in [0.2, 0.25) is 5.91 Å². The number of hydrogen-bond acceptors (Lipinski definition) is 6. The summed E-state index contributed by atoms with van der Waals surface area (Å²) in [5.41, 5.74) is 1.14. The average molecular weight is 519 g/mol. The van der Waals surface area contributed by atoms with Gasteiger partial charge in [0, 0.05) is 11.1 Å². The van der Waals surface area contributed by atoms with Crippen LogP contribution in [0.25, 0.3) is 0 Å². The molecule has 186 valence electrons. The number of amides is 1. The van der Waals surface area contributed by atoms with Gasteiger partial charge in [-0.1, -0.05) is 23.7 Å². The predicted octanol–water partition coefficient (Wildman–Crippen LogP) is 4.44. The first-order valence-corrected chi connectivity index (χ1v) is 12.4. The fourth-order valence-electron chi connectivity index (χ4n) is 3.42. The fraction of sp³-hybridized carbons (Fsp3) is 0.240. The van der Waals surface area contributed by atoms with E-state index in [9.17, 15) is 13.2 Å². The number of halogens is 1. The minimum atomic E-state index is -4.15. The summed E-state index contributed by atoms with van der Waals surface area (Å²) in [7, 11) is 0.237. The van der Waals surface area contributed by atoms with Crippen molar-refractivity contribution >= 4 is 33.2 Å². The van der Waals surface area contributed by atoms with Crippen LogP contribution < -0.4 is 23.8 Å². The fourth-order valence-corrected chi connectivity index (χ4v) is 4.98. The van der Waals surface area contributed by atoms with Crippen molar-refractivity contribution in [2.75, 3.05) is 32.2 Å². The number of hydrogen-bond donors (Lipinski definition) is 1. The highest BCUT2D eigenvalue weighted by atomic mass is 35.5. The van der Waals surface area contributed by atoms with Crippen molar-refractivity contribution in [2.24, 2.45) is 0 Å². The smallest absolute Gasteiger partial charge is 0.264 e. The Bertz CT molecular complexity index is 1260. The van der Waals surface area contributed by atoms with Crippen molar-refractivity contribution in [3.8, 4) is 17.2 Å². The maximum absolute atomic E-state index is 13.7. The molecular formula is C25H27ClN2O6S. The monoisotopic (exact) mass is 518 g/mol. The Balaban J connectivity index is 1.94. The van der Waals surface area contributed by atoms with Gasteiger partial charge < -0.3 is 19.5 Å². The van der Waals surface area contributed by atoms with E-state index in [4.69, 9.17) is 25.8 Å². The van der Waals surface area contributed by atoms with Crippen molar-refractivity contribution in [3.63, 3.8) is 0 Å². The summed E-state index contributed by atoms with van der Waals surface area (Å²) in [6, 6.07) is 17.4. The third kappa shape index (κ3) is 6.17. The summed E-state index contributed by atoms with van der Waals surface area (Å²) in [6.07, 6.45) is 0. The van der Waals surface area contributed by atoms with Crippen LogP contribution in [0.3, 0.4) is 0 Å².